The van der Waals surface area contributed by atoms with Crippen molar-refractivity contribution in [2.75, 3.05) is 19.8 Å². The van der Waals surface area contributed by atoms with E-state index in [2.05, 4.69) is 4.99 Å². The fourth-order valence-electron chi connectivity index (χ4n) is 2.32. The first-order valence-corrected chi connectivity index (χ1v) is 8.49. The van der Waals surface area contributed by atoms with Gasteiger partial charge in [0.1, 0.15) is 31.8 Å². The van der Waals surface area contributed by atoms with Gasteiger partial charge in [-0.25, -0.2) is 8.78 Å². The zero-order valence-electron chi connectivity index (χ0n) is 13.7. The van der Waals surface area contributed by atoms with E-state index in [-0.39, 0.29) is 40.5 Å². The number of rotatable bonds is 4. The topological polar surface area (TPSA) is 79.1 Å². The number of hydrogen-bond acceptors (Lipinski definition) is 6. The van der Waals surface area contributed by atoms with Gasteiger partial charge in [0.25, 0.3) is 0 Å². The smallest absolute Gasteiger partial charge is 0.326 e. The number of benzene rings is 1. The number of nitrogens with zero attached hydrogens (tertiary/aromatic N) is 2. The molecule has 0 unspecified atom stereocenters. The van der Waals surface area contributed by atoms with E-state index < -0.39 is 23.5 Å². The van der Waals surface area contributed by atoms with Crippen molar-refractivity contribution in [1.29, 1.82) is 0 Å². The Bertz CT molecular complexity index is 963. The number of ether oxygens (including phenoxy) is 3. The van der Waals surface area contributed by atoms with Crippen LogP contribution in [0.15, 0.2) is 29.1 Å². The second-order valence-corrected chi connectivity index (χ2v) is 6.14. The van der Waals surface area contributed by atoms with Gasteiger partial charge in [-0.3, -0.25) is 9.59 Å². The number of carbonyl (C=O) groups excluding carboxylic acids is 2. The van der Waals surface area contributed by atoms with Crippen molar-refractivity contribution in [3.63, 3.8) is 0 Å². The molecular formula is C16H14F2N2O5S. The maximum absolute atomic E-state index is 14.3. The van der Waals surface area contributed by atoms with E-state index in [4.69, 9.17) is 14.2 Å². The van der Waals surface area contributed by atoms with Crippen LogP contribution in [-0.4, -0.2) is 36.3 Å². The fraction of sp³-hybridized carbons (Fsp3) is 0.312. The number of aromatic nitrogens is 1. The van der Waals surface area contributed by atoms with Gasteiger partial charge >= 0.3 is 11.9 Å². The van der Waals surface area contributed by atoms with Crippen LogP contribution in [0.4, 0.5) is 8.78 Å². The molecule has 7 nitrogen and oxygen atoms in total. The van der Waals surface area contributed by atoms with Crippen LogP contribution in [0, 0.1) is 11.6 Å². The SMILES string of the molecule is CCOC(=O)Cn1c(=NC(=O)C2=COCCO2)sc2cc(F)cc(F)c21. The monoisotopic (exact) mass is 384 g/mol. The van der Waals surface area contributed by atoms with Gasteiger partial charge in [0.2, 0.25) is 5.76 Å². The van der Waals surface area contributed by atoms with Crippen molar-refractivity contribution >= 4 is 33.4 Å². The molecule has 0 atom stereocenters. The van der Waals surface area contributed by atoms with E-state index in [1.54, 1.807) is 6.92 Å². The quantitative estimate of drug-likeness (QED) is 0.752. The lowest BCUT2D eigenvalue weighted by molar-refractivity contribution is -0.143. The van der Waals surface area contributed by atoms with Crippen LogP contribution in [0.3, 0.4) is 0 Å². The molecular weight excluding hydrogens is 370 g/mol. The Labute approximate surface area is 150 Å². The first-order valence-electron chi connectivity index (χ1n) is 7.67. The van der Waals surface area contributed by atoms with Gasteiger partial charge in [-0.15, -0.1) is 0 Å². The maximum atomic E-state index is 14.3. The molecule has 1 amide bonds. The largest absolute Gasteiger partial charge is 0.494 e. The van der Waals surface area contributed by atoms with E-state index in [0.717, 1.165) is 23.7 Å². The highest BCUT2D eigenvalue weighted by molar-refractivity contribution is 7.16. The first-order chi connectivity index (χ1) is 12.5. The summed E-state index contributed by atoms with van der Waals surface area (Å²) in [6.07, 6.45) is 1.14. The molecule has 0 bridgehead atoms. The van der Waals surface area contributed by atoms with Crippen LogP contribution >= 0.6 is 11.3 Å². The third-order valence-electron chi connectivity index (χ3n) is 3.34. The van der Waals surface area contributed by atoms with Crippen molar-refractivity contribution in [3.8, 4) is 0 Å². The minimum Gasteiger partial charge on any atom is -0.494 e. The second kappa shape index (κ2) is 7.65. The van der Waals surface area contributed by atoms with Gasteiger partial charge in [-0.2, -0.15) is 4.99 Å². The van der Waals surface area contributed by atoms with E-state index in [1.165, 1.54) is 4.57 Å². The molecule has 3 rings (SSSR count). The van der Waals surface area contributed by atoms with Gasteiger partial charge < -0.3 is 18.8 Å². The first kappa shape index (κ1) is 18.1. The fourth-order valence-corrected chi connectivity index (χ4v) is 3.39. The number of amides is 1. The van der Waals surface area contributed by atoms with E-state index >= 15 is 0 Å². The molecule has 1 aliphatic rings. The molecule has 2 aromatic rings. The summed E-state index contributed by atoms with van der Waals surface area (Å²) in [6.45, 7) is 1.90. The molecule has 2 heterocycles. The summed E-state index contributed by atoms with van der Waals surface area (Å²) in [6, 6.07) is 1.80. The predicted molar refractivity (Wildman–Crippen MR) is 86.9 cm³/mol. The lowest BCUT2D eigenvalue weighted by atomic mass is 10.3. The Morgan fingerprint density at radius 3 is 2.85 bits per heavy atom. The Morgan fingerprint density at radius 2 is 2.15 bits per heavy atom. The van der Waals surface area contributed by atoms with Crippen molar-refractivity contribution in [2.24, 2.45) is 4.99 Å². The van der Waals surface area contributed by atoms with Crippen LogP contribution in [0.5, 0.6) is 0 Å². The van der Waals surface area contributed by atoms with Crippen molar-refractivity contribution < 1.29 is 32.6 Å². The van der Waals surface area contributed by atoms with E-state index in [0.29, 0.717) is 12.7 Å². The minimum absolute atomic E-state index is 0.0117. The molecule has 0 saturated heterocycles. The van der Waals surface area contributed by atoms with Crippen molar-refractivity contribution in [2.45, 2.75) is 13.5 Å². The third kappa shape index (κ3) is 3.74. The Morgan fingerprint density at radius 1 is 1.35 bits per heavy atom. The summed E-state index contributed by atoms with van der Waals surface area (Å²) in [5.74, 6) is -3.14. The molecule has 0 spiro atoms. The number of hydrogen-bond donors (Lipinski definition) is 0. The standard InChI is InChI=1S/C16H14F2N2O5S/c1-2-24-13(21)7-20-14-10(18)5-9(17)6-12(14)26-16(20)19-15(22)11-8-23-3-4-25-11/h5-6,8H,2-4,7H2,1H3. The number of thiazole rings is 1. The number of halogens is 2. The molecule has 138 valence electrons. The number of fused-ring (bicyclic) bond motifs is 1. The zero-order valence-corrected chi connectivity index (χ0v) is 14.5. The summed E-state index contributed by atoms with van der Waals surface area (Å²) in [5, 5.41) is 0. The lowest BCUT2D eigenvalue weighted by Gasteiger charge is -2.12. The number of esters is 1. The van der Waals surface area contributed by atoms with Crippen LogP contribution in [0.2, 0.25) is 0 Å². The van der Waals surface area contributed by atoms with E-state index in [9.17, 15) is 18.4 Å². The highest BCUT2D eigenvalue weighted by atomic mass is 32.1. The van der Waals surface area contributed by atoms with Crippen molar-refractivity contribution in [1.82, 2.24) is 4.57 Å². The summed E-state index contributed by atoms with van der Waals surface area (Å²) in [7, 11) is 0. The average Bonchev–Trinajstić information content (AvgIpc) is 2.93. The summed E-state index contributed by atoms with van der Waals surface area (Å²) in [4.78, 5) is 28.0. The van der Waals surface area contributed by atoms with Crippen LogP contribution in [0.25, 0.3) is 10.2 Å². The molecule has 0 N–H and O–H groups in total. The molecule has 0 saturated carbocycles. The highest BCUT2D eigenvalue weighted by Crippen LogP contribution is 2.22. The normalized spacial score (nSPS) is 14.6. The molecule has 10 heteroatoms. The Kier molecular flexibility index (Phi) is 5.31. The van der Waals surface area contributed by atoms with E-state index in [1.807, 2.05) is 0 Å². The Balaban J connectivity index is 2.12. The molecule has 0 radical (unpaired) electrons. The van der Waals surface area contributed by atoms with Gasteiger partial charge in [-0.05, 0) is 13.0 Å². The second-order valence-electron chi connectivity index (χ2n) is 5.13. The highest BCUT2D eigenvalue weighted by Gasteiger charge is 2.19. The van der Waals surface area contributed by atoms with Gasteiger partial charge in [-0.1, -0.05) is 11.3 Å². The van der Waals surface area contributed by atoms with Gasteiger partial charge in [0.15, 0.2) is 10.6 Å². The van der Waals surface area contributed by atoms with Gasteiger partial charge in [0.05, 0.1) is 16.8 Å². The predicted octanol–water partition coefficient (Wildman–Crippen LogP) is 1.86. The maximum Gasteiger partial charge on any atom is 0.326 e. The molecule has 0 aliphatic carbocycles. The lowest BCUT2D eigenvalue weighted by Crippen LogP contribution is -2.24. The average molecular weight is 384 g/mol. The number of carbonyl (C=O) groups is 2. The summed E-state index contributed by atoms with van der Waals surface area (Å²) in [5.41, 5.74) is -0.0363. The molecule has 1 aromatic heterocycles. The minimum atomic E-state index is -0.870. The van der Waals surface area contributed by atoms with Crippen LogP contribution in [0.1, 0.15) is 6.92 Å². The Hall–Kier alpha value is -2.75. The molecule has 26 heavy (non-hydrogen) atoms. The zero-order chi connectivity index (χ0) is 18.7. The van der Waals surface area contributed by atoms with Gasteiger partial charge in [0, 0.05) is 6.07 Å². The van der Waals surface area contributed by atoms with Crippen molar-refractivity contribution in [3.05, 3.63) is 40.6 Å². The summed E-state index contributed by atoms with van der Waals surface area (Å²) >= 11 is 0.869. The van der Waals surface area contributed by atoms with Crippen LogP contribution < -0.4 is 4.80 Å². The van der Waals surface area contributed by atoms with Crippen LogP contribution in [-0.2, 0) is 30.3 Å². The molecule has 1 aromatic carbocycles. The third-order valence-corrected chi connectivity index (χ3v) is 4.37. The molecule has 1 aliphatic heterocycles. The molecule has 0 fully saturated rings. The summed E-state index contributed by atoms with van der Waals surface area (Å²) < 4.78 is 44.2.